The Labute approximate surface area is 156 Å². The van der Waals surface area contributed by atoms with Gasteiger partial charge in [-0.25, -0.2) is 0 Å². The third-order valence-electron chi connectivity index (χ3n) is 5.50. The quantitative estimate of drug-likeness (QED) is 0.539. The van der Waals surface area contributed by atoms with Crippen LogP contribution in [0, 0.1) is 0 Å². The first-order valence-electron chi connectivity index (χ1n) is 9.87. The van der Waals surface area contributed by atoms with E-state index in [9.17, 15) is 4.79 Å². The van der Waals surface area contributed by atoms with Crippen LogP contribution in [0.15, 0.2) is 4.99 Å². The molecule has 8 nitrogen and oxygen atoms in total. The molecule has 0 aromatic heterocycles. The Kier molecular flexibility index (Phi) is 7.10. The molecule has 2 atom stereocenters. The number of nitrogens with one attached hydrogen (secondary N) is 1. The second-order valence-corrected chi connectivity index (χ2v) is 7.25. The second-order valence-electron chi connectivity index (χ2n) is 7.25. The molecule has 148 valence electrons. The lowest BCUT2D eigenvalue weighted by Gasteiger charge is -2.38. The molecular weight excluding hydrogens is 334 g/mol. The van der Waals surface area contributed by atoms with Gasteiger partial charge in [-0.2, -0.15) is 0 Å². The van der Waals surface area contributed by atoms with Gasteiger partial charge in [0, 0.05) is 65.5 Å². The van der Waals surface area contributed by atoms with Gasteiger partial charge in [-0.1, -0.05) is 0 Å². The molecule has 3 aliphatic heterocycles. The molecule has 1 amide bonds. The Bertz CT molecular complexity index is 487. The van der Waals surface area contributed by atoms with Crippen LogP contribution in [0.5, 0.6) is 0 Å². The Morgan fingerprint density at radius 1 is 1.15 bits per heavy atom. The number of carbonyl (C=O) groups excluding carboxylic acids is 1. The normalized spacial score (nSPS) is 28.5. The topological polar surface area (TPSA) is 69.6 Å². The van der Waals surface area contributed by atoms with E-state index < -0.39 is 0 Å². The molecular formula is C18H33N5O3. The standard InChI is InChI=1S/C18H33N5O3/c1-15-14-25-13-11-21(15)6-5-20-18(19-2)23-9-7-22(8-10-23)17(24)16-4-3-12-26-16/h15-16H,3-14H2,1-2H3,(H,19,20). The molecule has 3 heterocycles. The lowest BCUT2D eigenvalue weighted by molar-refractivity contribution is -0.142. The van der Waals surface area contributed by atoms with Gasteiger partial charge in [0.1, 0.15) is 6.10 Å². The summed E-state index contributed by atoms with van der Waals surface area (Å²) in [5, 5.41) is 3.47. The number of carbonyl (C=O) groups is 1. The fraction of sp³-hybridized carbons (Fsp3) is 0.889. The van der Waals surface area contributed by atoms with Crippen molar-refractivity contribution >= 4 is 11.9 Å². The number of hydrogen-bond donors (Lipinski definition) is 1. The van der Waals surface area contributed by atoms with Gasteiger partial charge in [-0.15, -0.1) is 0 Å². The van der Waals surface area contributed by atoms with Crippen molar-refractivity contribution in [1.82, 2.24) is 20.0 Å². The number of piperazine rings is 1. The van der Waals surface area contributed by atoms with Crippen LogP contribution < -0.4 is 5.32 Å². The average molecular weight is 367 g/mol. The van der Waals surface area contributed by atoms with Gasteiger partial charge in [0.15, 0.2) is 5.96 Å². The molecule has 0 radical (unpaired) electrons. The zero-order valence-corrected chi connectivity index (χ0v) is 16.2. The highest BCUT2D eigenvalue weighted by molar-refractivity contribution is 5.82. The first-order chi connectivity index (χ1) is 12.7. The van der Waals surface area contributed by atoms with E-state index in [4.69, 9.17) is 9.47 Å². The van der Waals surface area contributed by atoms with E-state index in [1.54, 1.807) is 0 Å². The van der Waals surface area contributed by atoms with Gasteiger partial charge in [0.05, 0.1) is 13.2 Å². The minimum atomic E-state index is -0.213. The van der Waals surface area contributed by atoms with Crippen LogP contribution in [0.25, 0.3) is 0 Å². The Morgan fingerprint density at radius 2 is 1.92 bits per heavy atom. The van der Waals surface area contributed by atoms with Crippen molar-refractivity contribution in [2.45, 2.75) is 31.9 Å². The maximum absolute atomic E-state index is 12.4. The smallest absolute Gasteiger partial charge is 0.251 e. The maximum atomic E-state index is 12.4. The summed E-state index contributed by atoms with van der Waals surface area (Å²) in [6.45, 7) is 10.5. The third kappa shape index (κ3) is 4.86. The van der Waals surface area contributed by atoms with Crippen molar-refractivity contribution in [3.05, 3.63) is 0 Å². The predicted molar refractivity (Wildman–Crippen MR) is 100 cm³/mol. The van der Waals surface area contributed by atoms with E-state index in [-0.39, 0.29) is 12.0 Å². The average Bonchev–Trinajstić information content (AvgIpc) is 3.21. The van der Waals surface area contributed by atoms with Gasteiger partial charge in [0.2, 0.25) is 0 Å². The highest BCUT2D eigenvalue weighted by Crippen LogP contribution is 2.16. The van der Waals surface area contributed by atoms with Crippen molar-refractivity contribution < 1.29 is 14.3 Å². The van der Waals surface area contributed by atoms with E-state index in [0.717, 1.165) is 77.8 Å². The molecule has 3 rings (SSSR count). The largest absolute Gasteiger partial charge is 0.379 e. The monoisotopic (exact) mass is 367 g/mol. The molecule has 0 saturated carbocycles. The summed E-state index contributed by atoms with van der Waals surface area (Å²) >= 11 is 0. The van der Waals surface area contributed by atoms with Crippen molar-refractivity contribution in [1.29, 1.82) is 0 Å². The molecule has 8 heteroatoms. The number of guanidine groups is 1. The van der Waals surface area contributed by atoms with Crippen LogP contribution >= 0.6 is 0 Å². The molecule has 0 aliphatic carbocycles. The third-order valence-corrected chi connectivity index (χ3v) is 5.50. The summed E-state index contributed by atoms with van der Waals surface area (Å²) in [4.78, 5) is 23.5. The van der Waals surface area contributed by atoms with Crippen molar-refractivity contribution in [2.75, 3.05) is 72.7 Å². The summed E-state index contributed by atoms with van der Waals surface area (Å²) < 4.78 is 11.0. The zero-order chi connectivity index (χ0) is 18.4. The van der Waals surface area contributed by atoms with Gasteiger partial charge in [0.25, 0.3) is 5.91 Å². The van der Waals surface area contributed by atoms with Crippen LogP contribution in [0.1, 0.15) is 19.8 Å². The highest BCUT2D eigenvalue weighted by atomic mass is 16.5. The molecule has 0 aromatic carbocycles. The lowest BCUT2D eigenvalue weighted by Crippen LogP contribution is -2.56. The van der Waals surface area contributed by atoms with Crippen molar-refractivity contribution in [2.24, 2.45) is 4.99 Å². The second kappa shape index (κ2) is 9.53. The Hall–Kier alpha value is -1.38. The van der Waals surface area contributed by atoms with Crippen LogP contribution in [0.3, 0.4) is 0 Å². The molecule has 3 aliphatic rings. The van der Waals surface area contributed by atoms with E-state index >= 15 is 0 Å². The van der Waals surface area contributed by atoms with Crippen LogP contribution in [-0.2, 0) is 14.3 Å². The van der Waals surface area contributed by atoms with Crippen molar-refractivity contribution in [3.8, 4) is 0 Å². The summed E-state index contributed by atoms with van der Waals surface area (Å²) in [6.07, 6.45) is 1.64. The molecule has 3 saturated heterocycles. The number of aliphatic imine (C=N–C) groups is 1. The van der Waals surface area contributed by atoms with E-state index in [1.165, 1.54) is 0 Å². The Morgan fingerprint density at radius 3 is 2.58 bits per heavy atom. The Balaban J connectivity index is 1.40. The fourth-order valence-corrected chi connectivity index (χ4v) is 3.85. The van der Waals surface area contributed by atoms with Crippen LogP contribution in [-0.4, -0.2) is 111 Å². The lowest BCUT2D eigenvalue weighted by atomic mass is 10.2. The molecule has 0 bridgehead atoms. The van der Waals surface area contributed by atoms with Crippen LogP contribution in [0.4, 0.5) is 0 Å². The van der Waals surface area contributed by atoms with Gasteiger partial charge in [-0.3, -0.25) is 14.7 Å². The van der Waals surface area contributed by atoms with Crippen molar-refractivity contribution in [3.63, 3.8) is 0 Å². The van der Waals surface area contributed by atoms with E-state index in [2.05, 4.69) is 27.0 Å². The first kappa shape index (κ1) is 19.4. The molecule has 2 unspecified atom stereocenters. The van der Waals surface area contributed by atoms with Gasteiger partial charge >= 0.3 is 0 Å². The summed E-state index contributed by atoms with van der Waals surface area (Å²) in [5.74, 6) is 1.08. The summed E-state index contributed by atoms with van der Waals surface area (Å²) in [6, 6.07) is 0.472. The van der Waals surface area contributed by atoms with Crippen LogP contribution in [0.2, 0.25) is 0 Å². The first-order valence-corrected chi connectivity index (χ1v) is 9.87. The molecule has 0 aromatic rings. The number of nitrogens with zero attached hydrogens (tertiary/aromatic N) is 4. The summed E-state index contributed by atoms with van der Waals surface area (Å²) in [5.41, 5.74) is 0. The SMILES string of the molecule is CN=C(NCCN1CCOCC1C)N1CCN(C(=O)C2CCCO2)CC1. The molecule has 1 N–H and O–H groups in total. The van der Waals surface area contributed by atoms with E-state index in [0.29, 0.717) is 12.6 Å². The summed E-state index contributed by atoms with van der Waals surface area (Å²) in [7, 11) is 1.82. The zero-order valence-electron chi connectivity index (χ0n) is 16.2. The molecule has 3 fully saturated rings. The molecule has 26 heavy (non-hydrogen) atoms. The minimum absolute atomic E-state index is 0.159. The van der Waals surface area contributed by atoms with Gasteiger partial charge in [-0.05, 0) is 19.8 Å². The number of ether oxygens (including phenoxy) is 2. The molecule has 0 spiro atoms. The maximum Gasteiger partial charge on any atom is 0.251 e. The number of hydrogen-bond acceptors (Lipinski definition) is 5. The number of rotatable bonds is 4. The predicted octanol–water partition coefficient (Wildman–Crippen LogP) is -0.394. The number of morpholine rings is 1. The highest BCUT2D eigenvalue weighted by Gasteiger charge is 2.31. The minimum Gasteiger partial charge on any atom is -0.379 e. The van der Waals surface area contributed by atoms with E-state index in [1.807, 2.05) is 11.9 Å². The fourth-order valence-electron chi connectivity index (χ4n) is 3.85. The number of amides is 1. The van der Waals surface area contributed by atoms with Gasteiger partial charge < -0.3 is 24.6 Å².